The number of benzene rings is 3. The van der Waals surface area contributed by atoms with E-state index in [1.165, 1.54) is 11.1 Å². The maximum atomic E-state index is 4.64. The molecule has 0 saturated carbocycles. The van der Waals surface area contributed by atoms with Crippen LogP contribution in [0, 0.1) is 6.92 Å². The Morgan fingerprint density at radius 3 is 2.22 bits per heavy atom. The lowest BCUT2D eigenvalue weighted by atomic mass is 9.98. The average Bonchev–Trinajstić information content (AvgIpc) is 3.17. The first kappa shape index (κ1) is 17.2. The van der Waals surface area contributed by atoms with Gasteiger partial charge in [0.2, 0.25) is 5.82 Å². The van der Waals surface area contributed by atoms with E-state index in [4.69, 9.17) is 0 Å². The Bertz CT molecular complexity index is 1020. The molecule has 4 nitrogen and oxygen atoms in total. The van der Waals surface area contributed by atoms with E-state index in [9.17, 15) is 0 Å². The number of rotatable bonds is 5. The molecule has 1 aromatic heterocycles. The fraction of sp³-hybridized carbons (Fsp3) is 0.174. The van der Waals surface area contributed by atoms with Gasteiger partial charge in [0.05, 0.1) is 6.54 Å². The molecule has 3 aromatic carbocycles. The molecule has 1 atom stereocenters. The van der Waals surface area contributed by atoms with Gasteiger partial charge in [-0.25, -0.2) is 0 Å². The van der Waals surface area contributed by atoms with Crippen molar-refractivity contribution in [1.29, 1.82) is 0 Å². The molecule has 1 heterocycles. The Morgan fingerprint density at radius 2 is 1.48 bits per heavy atom. The van der Waals surface area contributed by atoms with E-state index in [-0.39, 0.29) is 0 Å². The zero-order chi connectivity index (χ0) is 18.6. The van der Waals surface area contributed by atoms with E-state index in [2.05, 4.69) is 89.9 Å². The molecule has 0 spiro atoms. The molecule has 0 aliphatic heterocycles. The second-order valence-electron chi connectivity index (χ2n) is 6.89. The van der Waals surface area contributed by atoms with Gasteiger partial charge in [-0.3, -0.25) is 0 Å². The molecule has 0 fully saturated rings. The lowest BCUT2D eigenvalue weighted by Gasteiger charge is -2.10. The molecule has 0 radical (unpaired) electrons. The highest BCUT2D eigenvalue weighted by atomic mass is 15.6. The summed E-state index contributed by atoms with van der Waals surface area (Å²) in [5, 5.41) is 13.2. The minimum absolute atomic E-state index is 0.320. The monoisotopic (exact) mass is 354 g/mol. The van der Waals surface area contributed by atoms with E-state index in [1.807, 2.05) is 18.2 Å². The fourth-order valence-corrected chi connectivity index (χ4v) is 3.22. The molecule has 0 aliphatic rings. The van der Waals surface area contributed by atoms with Gasteiger partial charge < -0.3 is 0 Å². The molecular formula is C23H22N4. The third-order valence-electron chi connectivity index (χ3n) is 4.79. The number of aromatic nitrogens is 4. The Balaban J connectivity index is 1.61. The molecule has 4 aromatic rings. The maximum Gasteiger partial charge on any atom is 0.205 e. The van der Waals surface area contributed by atoms with E-state index in [0.29, 0.717) is 18.3 Å². The van der Waals surface area contributed by atoms with Crippen molar-refractivity contribution in [2.45, 2.75) is 26.3 Å². The molecule has 0 saturated heterocycles. The molecule has 4 heteroatoms. The molecule has 1 unspecified atom stereocenters. The quantitative estimate of drug-likeness (QED) is 0.500. The predicted octanol–water partition coefficient (Wildman–Crippen LogP) is 5.12. The van der Waals surface area contributed by atoms with Crippen molar-refractivity contribution in [2.75, 3.05) is 0 Å². The summed E-state index contributed by atoms with van der Waals surface area (Å²) in [6, 6.07) is 27.1. The van der Waals surface area contributed by atoms with Crippen molar-refractivity contribution in [3.63, 3.8) is 0 Å². The van der Waals surface area contributed by atoms with Crippen LogP contribution in [0.4, 0.5) is 0 Å². The summed E-state index contributed by atoms with van der Waals surface area (Å²) in [4.78, 5) is 1.69. The summed E-state index contributed by atoms with van der Waals surface area (Å²) >= 11 is 0. The molecule has 4 rings (SSSR count). The second-order valence-corrected chi connectivity index (χ2v) is 6.89. The van der Waals surface area contributed by atoms with Crippen LogP contribution in [0.5, 0.6) is 0 Å². The topological polar surface area (TPSA) is 43.6 Å². The van der Waals surface area contributed by atoms with Crippen LogP contribution in [0.25, 0.3) is 22.5 Å². The average molecular weight is 354 g/mol. The highest BCUT2D eigenvalue weighted by Crippen LogP contribution is 2.30. The number of nitrogens with zero attached hydrogens (tertiary/aromatic N) is 4. The second kappa shape index (κ2) is 7.54. The smallest absolute Gasteiger partial charge is 0.163 e. The zero-order valence-corrected chi connectivity index (χ0v) is 15.6. The largest absolute Gasteiger partial charge is 0.205 e. The van der Waals surface area contributed by atoms with Crippen molar-refractivity contribution in [3.05, 3.63) is 90.0 Å². The number of aryl methyl sites for hydroxylation is 1. The van der Waals surface area contributed by atoms with Gasteiger partial charge in [-0.1, -0.05) is 91.3 Å². The molecule has 0 aliphatic carbocycles. The lowest BCUT2D eigenvalue weighted by molar-refractivity contribution is 0.474. The summed E-state index contributed by atoms with van der Waals surface area (Å²) in [5.41, 5.74) is 5.80. The van der Waals surface area contributed by atoms with Gasteiger partial charge >= 0.3 is 0 Å². The molecule has 0 N–H and O–H groups in total. The highest BCUT2D eigenvalue weighted by molar-refractivity contribution is 5.80. The van der Waals surface area contributed by atoms with Gasteiger partial charge in [-0.2, -0.15) is 4.80 Å². The molecule has 0 amide bonds. The third kappa shape index (κ3) is 3.80. The van der Waals surface area contributed by atoms with Crippen LogP contribution in [0.15, 0.2) is 78.9 Å². The van der Waals surface area contributed by atoms with Crippen LogP contribution < -0.4 is 0 Å². The van der Waals surface area contributed by atoms with Crippen molar-refractivity contribution < 1.29 is 0 Å². The number of tetrazole rings is 1. The summed E-state index contributed by atoms with van der Waals surface area (Å²) in [6.45, 7) is 4.97. The maximum absolute atomic E-state index is 4.64. The first-order valence-electron chi connectivity index (χ1n) is 9.20. The van der Waals surface area contributed by atoms with E-state index in [1.54, 1.807) is 4.80 Å². The Kier molecular flexibility index (Phi) is 4.79. The third-order valence-corrected chi connectivity index (χ3v) is 4.79. The molecule has 134 valence electrons. The van der Waals surface area contributed by atoms with E-state index >= 15 is 0 Å². The first-order chi connectivity index (χ1) is 13.2. The Hall–Kier alpha value is -3.27. The summed E-state index contributed by atoms with van der Waals surface area (Å²) in [6.07, 6.45) is 0. The van der Waals surface area contributed by atoms with E-state index < -0.39 is 0 Å². The van der Waals surface area contributed by atoms with Gasteiger partial charge in [0, 0.05) is 11.5 Å². The summed E-state index contributed by atoms with van der Waals surface area (Å²) in [5.74, 6) is 0.979. The van der Waals surface area contributed by atoms with Crippen molar-refractivity contribution >= 4 is 0 Å². The number of hydrogen-bond acceptors (Lipinski definition) is 3. The highest BCUT2D eigenvalue weighted by Gasteiger charge is 2.14. The zero-order valence-electron chi connectivity index (χ0n) is 15.6. The normalized spacial score (nSPS) is 12.1. The minimum atomic E-state index is 0.320. The Morgan fingerprint density at radius 1 is 0.815 bits per heavy atom. The predicted molar refractivity (Wildman–Crippen MR) is 108 cm³/mol. The van der Waals surface area contributed by atoms with Gasteiger partial charge in [-0.15, -0.1) is 10.2 Å². The van der Waals surface area contributed by atoms with E-state index in [0.717, 1.165) is 16.7 Å². The van der Waals surface area contributed by atoms with Crippen molar-refractivity contribution in [3.8, 4) is 22.5 Å². The van der Waals surface area contributed by atoms with Crippen LogP contribution >= 0.6 is 0 Å². The minimum Gasteiger partial charge on any atom is -0.163 e. The van der Waals surface area contributed by atoms with Crippen LogP contribution in [0.2, 0.25) is 0 Å². The standard InChI is InChI=1S/C23H22N4/c1-17-12-14-20(15-13-17)21-10-6-7-11-22(21)23-24-26-27(25-23)16-18(2)19-8-4-3-5-9-19/h3-15,18H,16H2,1-2H3. The van der Waals surface area contributed by atoms with Crippen LogP contribution in [-0.4, -0.2) is 20.2 Å². The van der Waals surface area contributed by atoms with Crippen LogP contribution in [0.3, 0.4) is 0 Å². The van der Waals surface area contributed by atoms with Gasteiger partial charge in [0.1, 0.15) is 0 Å². The first-order valence-corrected chi connectivity index (χ1v) is 9.20. The summed E-state index contributed by atoms with van der Waals surface area (Å²) in [7, 11) is 0. The van der Waals surface area contributed by atoms with Gasteiger partial charge in [0.15, 0.2) is 0 Å². The molecule has 0 bridgehead atoms. The molecule has 27 heavy (non-hydrogen) atoms. The number of hydrogen-bond donors (Lipinski definition) is 0. The van der Waals surface area contributed by atoms with Gasteiger partial charge in [0.25, 0.3) is 0 Å². The van der Waals surface area contributed by atoms with Crippen molar-refractivity contribution in [2.24, 2.45) is 0 Å². The fourth-order valence-electron chi connectivity index (χ4n) is 3.22. The summed E-state index contributed by atoms with van der Waals surface area (Å²) < 4.78 is 0. The van der Waals surface area contributed by atoms with Crippen molar-refractivity contribution in [1.82, 2.24) is 20.2 Å². The van der Waals surface area contributed by atoms with Crippen LogP contribution in [0.1, 0.15) is 24.0 Å². The molecular weight excluding hydrogens is 332 g/mol. The van der Waals surface area contributed by atoms with Gasteiger partial charge in [-0.05, 0) is 28.8 Å². The lowest BCUT2D eigenvalue weighted by Crippen LogP contribution is -2.09. The van der Waals surface area contributed by atoms with Crippen LogP contribution in [-0.2, 0) is 6.54 Å². The SMILES string of the molecule is Cc1ccc(-c2ccccc2-c2nnn(CC(C)c3ccccc3)n2)cc1. The Labute approximate surface area is 159 Å².